The number of nitrogens with zero attached hydrogens (tertiary/aromatic N) is 2. The van der Waals surface area contributed by atoms with E-state index in [1.807, 2.05) is 0 Å². The molecule has 0 fully saturated rings. The normalized spacial score (nSPS) is 11.3. The van der Waals surface area contributed by atoms with Crippen LogP contribution in [0.4, 0.5) is 4.39 Å². The Bertz CT molecular complexity index is 1390. The molecular weight excluding hydrogens is 493 g/mol. The van der Waals surface area contributed by atoms with Crippen molar-refractivity contribution >= 4 is 35.4 Å². The number of hydrogen-bond acceptors (Lipinski definition) is 6. The second-order valence-electron chi connectivity index (χ2n) is 7.14. The molecule has 0 aliphatic heterocycles. The van der Waals surface area contributed by atoms with Crippen LogP contribution in [-0.4, -0.2) is 33.4 Å². The molecule has 178 valence electrons. The van der Waals surface area contributed by atoms with Crippen LogP contribution < -0.4 is 9.47 Å². The van der Waals surface area contributed by atoms with Crippen molar-refractivity contribution in [2.75, 3.05) is 7.11 Å². The first kappa shape index (κ1) is 24.3. The number of ether oxygens (including phenoxy) is 2. The van der Waals surface area contributed by atoms with Gasteiger partial charge in [0.15, 0.2) is 5.82 Å². The van der Waals surface area contributed by atoms with E-state index < -0.39 is 5.97 Å². The van der Waals surface area contributed by atoms with Gasteiger partial charge in [-0.3, -0.25) is 5.10 Å². The number of carboxylic acids is 1. The smallest absolute Gasteiger partial charge is 0.342 e. The highest BCUT2D eigenvalue weighted by Gasteiger charge is 2.17. The molecule has 10 heteroatoms. The molecule has 3 aromatic carbocycles. The van der Waals surface area contributed by atoms with E-state index in [0.717, 1.165) is 11.8 Å². The van der Waals surface area contributed by atoms with E-state index in [1.54, 1.807) is 60.7 Å². The van der Waals surface area contributed by atoms with Crippen molar-refractivity contribution in [3.63, 3.8) is 0 Å². The lowest BCUT2D eigenvalue weighted by molar-refractivity contribution is -0.131. The van der Waals surface area contributed by atoms with Gasteiger partial charge in [-0.05, 0) is 48.2 Å². The monoisotopic (exact) mass is 511 g/mol. The Balaban J connectivity index is 1.57. The van der Waals surface area contributed by atoms with Gasteiger partial charge in [-0.1, -0.05) is 48.0 Å². The maximum Gasteiger partial charge on any atom is 0.342 e. The second-order valence-corrected chi connectivity index (χ2v) is 8.59. The molecule has 0 bridgehead atoms. The summed E-state index contributed by atoms with van der Waals surface area (Å²) in [5.74, 6) is -0.207. The number of methoxy groups -OCH3 is 1. The molecule has 0 spiro atoms. The summed E-state index contributed by atoms with van der Waals surface area (Å²) in [6.07, 6.45) is 1.46. The summed E-state index contributed by atoms with van der Waals surface area (Å²) in [6.45, 7) is -0.00117. The van der Waals surface area contributed by atoms with Crippen molar-refractivity contribution < 1.29 is 23.8 Å². The highest BCUT2D eigenvalue weighted by Crippen LogP contribution is 2.33. The van der Waals surface area contributed by atoms with Crippen LogP contribution in [0.25, 0.3) is 17.5 Å². The van der Waals surface area contributed by atoms with Crippen LogP contribution in [0.5, 0.6) is 11.5 Å². The summed E-state index contributed by atoms with van der Waals surface area (Å²) in [4.78, 5) is 16.3. The van der Waals surface area contributed by atoms with Crippen LogP contribution in [0.2, 0.25) is 5.02 Å². The fraction of sp³-hybridized carbons (Fsp3) is 0.0800. The van der Waals surface area contributed by atoms with Crippen LogP contribution >= 0.6 is 23.4 Å². The Morgan fingerprint density at radius 3 is 2.69 bits per heavy atom. The topological polar surface area (TPSA) is 97.3 Å². The van der Waals surface area contributed by atoms with Crippen molar-refractivity contribution in [2.45, 2.75) is 11.8 Å². The average molecular weight is 512 g/mol. The summed E-state index contributed by atoms with van der Waals surface area (Å²) in [6, 6.07) is 18.3. The first-order valence-corrected chi connectivity index (χ1v) is 11.5. The van der Waals surface area contributed by atoms with Crippen molar-refractivity contribution in [2.24, 2.45) is 0 Å². The molecule has 7 nitrogen and oxygen atoms in total. The van der Waals surface area contributed by atoms with E-state index in [4.69, 9.17) is 21.1 Å². The number of carboxylic acid groups (broad SMARTS) is 1. The molecule has 0 aliphatic carbocycles. The molecule has 0 atom stereocenters. The van der Waals surface area contributed by atoms with E-state index >= 15 is 0 Å². The average Bonchev–Trinajstić information content (AvgIpc) is 3.32. The summed E-state index contributed by atoms with van der Waals surface area (Å²) in [5, 5.41) is 17.4. The van der Waals surface area contributed by atoms with Crippen molar-refractivity contribution in [3.05, 3.63) is 93.6 Å². The van der Waals surface area contributed by atoms with Crippen LogP contribution in [0, 0.1) is 5.82 Å². The molecule has 4 rings (SSSR count). The minimum atomic E-state index is -1.16. The Labute approximate surface area is 209 Å². The molecule has 1 aromatic heterocycles. The zero-order valence-corrected chi connectivity index (χ0v) is 19.9. The van der Waals surface area contributed by atoms with Gasteiger partial charge in [0, 0.05) is 16.1 Å². The van der Waals surface area contributed by atoms with Gasteiger partial charge in [-0.25, -0.2) is 14.2 Å². The Kier molecular flexibility index (Phi) is 7.69. The number of thioether (sulfide) groups is 1. The van der Waals surface area contributed by atoms with Gasteiger partial charge in [-0.2, -0.15) is 0 Å². The van der Waals surface area contributed by atoms with Gasteiger partial charge in [-0.15, -0.1) is 5.10 Å². The summed E-state index contributed by atoms with van der Waals surface area (Å²) >= 11 is 6.96. The number of aliphatic carboxylic acids is 1. The first-order valence-electron chi connectivity index (χ1n) is 10.3. The third-order valence-corrected chi connectivity index (χ3v) is 5.95. The maximum atomic E-state index is 13.9. The predicted octanol–water partition coefficient (Wildman–Crippen LogP) is 6.07. The van der Waals surface area contributed by atoms with E-state index in [0.29, 0.717) is 39.0 Å². The number of aromatic amines is 1. The number of rotatable bonds is 9. The number of hydrogen-bond donors (Lipinski definition) is 2. The van der Waals surface area contributed by atoms with Gasteiger partial charge in [0.2, 0.25) is 5.16 Å². The van der Waals surface area contributed by atoms with E-state index in [2.05, 4.69) is 15.2 Å². The van der Waals surface area contributed by atoms with Gasteiger partial charge >= 0.3 is 5.97 Å². The Hall–Kier alpha value is -3.82. The Morgan fingerprint density at radius 2 is 1.91 bits per heavy atom. The number of para-hydroxylation sites is 1. The molecule has 0 saturated heterocycles. The number of aromatic nitrogens is 3. The molecule has 4 aromatic rings. The van der Waals surface area contributed by atoms with Crippen molar-refractivity contribution in [3.8, 4) is 22.9 Å². The maximum absolute atomic E-state index is 13.9. The quantitative estimate of drug-likeness (QED) is 0.208. The SMILES string of the molecule is COc1ccc(Cl)cc1-c1nc(S/C(=C\c2ccccc2OCc2ccccc2F)C(=O)O)n[nH]1. The molecular formula is C25H19ClFN3O4S. The van der Waals surface area contributed by atoms with Crippen LogP contribution in [0.3, 0.4) is 0 Å². The fourth-order valence-electron chi connectivity index (χ4n) is 3.15. The van der Waals surface area contributed by atoms with Crippen LogP contribution in [0.1, 0.15) is 11.1 Å². The van der Waals surface area contributed by atoms with E-state index in [1.165, 1.54) is 19.3 Å². The molecule has 2 N–H and O–H groups in total. The van der Waals surface area contributed by atoms with Gasteiger partial charge in [0.05, 0.1) is 12.7 Å². The van der Waals surface area contributed by atoms with Crippen LogP contribution in [0.15, 0.2) is 76.8 Å². The van der Waals surface area contributed by atoms with Gasteiger partial charge < -0.3 is 14.6 Å². The minimum absolute atomic E-state index is 0.00117. The number of nitrogens with one attached hydrogen (secondary N) is 1. The summed E-state index contributed by atoms with van der Waals surface area (Å²) in [5.41, 5.74) is 1.50. The lowest BCUT2D eigenvalue weighted by atomic mass is 10.2. The second kappa shape index (κ2) is 11.1. The number of benzene rings is 3. The molecule has 1 heterocycles. The molecule has 0 saturated carbocycles. The third kappa shape index (κ3) is 6.00. The highest BCUT2D eigenvalue weighted by atomic mass is 35.5. The van der Waals surface area contributed by atoms with Gasteiger partial charge in [0.1, 0.15) is 28.8 Å². The molecule has 0 radical (unpaired) electrons. The first-order chi connectivity index (χ1) is 16.9. The third-order valence-electron chi connectivity index (χ3n) is 4.84. The van der Waals surface area contributed by atoms with Crippen molar-refractivity contribution in [1.82, 2.24) is 15.2 Å². The van der Waals surface area contributed by atoms with Crippen LogP contribution in [-0.2, 0) is 11.4 Å². The summed E-state index contributed by atoms with van der Waals surface area (Å²) in [7, 11) is 1.52. The standard InChI is InChI=1S/C25H19ClFN3O4S/c1-33-21-11-10-17(26)13-18(21)23-28-25(30-29-23)35-22(24(31)32)12-15-6-3-5-9-20(15)34-14-16-7-2-4-8-19(16)27/h2-13H,14H2,1H3,(H,31,32)(H,28,29,30)/b22-12-. The zero-order valence-electron chi connectivity index (χ0n) is 18.4. The molecule has 0 aliphatic rings. The minimum Gasteiger partial charge on any atom is -0.496 e. The Morgan fingerprint density at radius 1 is 1.14 bits per heavy atom. The number of H-pyrrole nitrogens is 1. The lowest BCUT2D eigenvalue weighted by Gasteiger charge is -2.10. The molecule has 35 heavy (non-hydrogen) atoms. The largest absolute Gasteiger partial charge is 0.496 e. The van der Waals surface area contributed by atoms with Gasteiger partial charge in [0.25, 0.3) is 0 Å². The van der Waals surface area contributed by atoms with E-state index in [9.17, 15) is 14.3 Å². The predicted molar refractivity (Wildman–Crippen MR) is 132 cm³/mol. The molecule has 0 unspecified atom stereocenters. The lowest BCUT2D eigenvalue weighted by Crippen LogP contribution is -2.01. The molecule has 0 amide bonds. The van der Waals surface area contributed by atoms with E-state index in [-0.39, 0.29) is 22.5 Å². The fourth-order valence-corrected chi connectivity index (χ4v) is 4.02. The number of halogens is 2. The van der Waals surface area contributed by atoms with Crippen molar-refractivity contribution in [1.29, 1.82) is 0 Å². The zero-order chi connectivity index (χ0) is 24.8. The summed E-state index contributed by atoms with van der Waals surface area (Å²) < 4.78 is 25.1. The highest BCUT2D eigenvalue weighted by molar-refractivity contribution is 8.04. The number of carbonyl (C=O) groups is 1.